The highest BCUT2D eigenvalue weighted by Crippen LogP contribution is 2.18. The van der Waals surface area contributed by atoms with Crippen LogP contribution in [0.4, 0.5) is 0 Å². The number of aryl methyl sites for hydroxylation is 2. The molecule has 2 heterocycles. The number of hydrogen-bond acceptors (Lipinski definition) is 5. The molecule has 0 bridgehead atoms. The Morgan fingerprint density at radius 1 is 1.20 bits per heavy atom. The quantitative estimate of drug-likeness (QED) is 0.900. The third-order valence-corrected chi connectivity index (χ3v) is 4.71. The fourth-order valence-corrected chi connectivity index (χ4v) is 3.04. The van der Waals surface area contributed by atoms with Crippen LogP contribution in [0, 0.1) is 13.8 Å². The minimum absolute atomic E-state index is 0.00110. The molecular weight excluding hydrogens is 318 g/mol. The van der Waals surface area contributed by atoms with E-state index in [-0.39, 0.29) is 12.3 Å². The number of nitrogens with zero attached hydrogens (tertiary/aromatic N) is 3. The largest absolute Gasteiger partial charge is 0.444 e. The van der Waals surface area contributed by atoms with E-state index in [0.29, 0.717) is 19.6 Å². The highest BCUT2D eigenvalue weighted by molar-refractivity contribution is 5.77. The molecular formula is C19H25N3O3. The van der Waals surface area contributed by atoms with E-state index < -0.39 is 6.10 Å². The van der Waals surface area contributed by atoms with E-state index in [1.807, 2.05) is 49.1 Å². The molecule has 3 rings (SSSR count). The SMILES string of the molecule is Cc1nc(CN2CCN(C(=O)CC(O)c3ccccc3)CC2)oc1C. The third kappa shape index (κ3) is 4.46. The van der Waals surface area contributed by atoms with Crippen LogP contribution in [0.3, 0.4) is 0 Å². The molecule has 1 unspecified atom stereocenters. The first-order chi connectivity index (χ1) is 12.0. The van der Waals surface area contributed by atoms with Gasteiger partial charge in [-0.05, 0) is 19.4 Å². The zero-order valence-electron chi connectivity index (χ0n) is 14.8. The van der Waals surface area contributed by atoms with Crippen molar-refractivity contribution in [2.45, 2.75) is 32.9 Å². The zero-order valence-corrected chi connectivity index (χ0v) is 14.8. The Morgan fingerprint density at radius 3 is 2.48 bits per heavy atom. The van der Waals surface area contributed by atoms with E-state index in [2.05, 4.69) is 9.88 Å². The van der Waals surface area contributed by atoms with Gasteiger partial charge in [-0.15, -0.1) is 0 Å². The number of amides is 1. The second-order valence-electron chi connectivity index (χ2n) is 6.54. The van der Waals surface area contributed by atoms with Gasteiger partial charge in [-0.25, -0.2) is 4.98 Å². The minimum atomic E-state index is -0.745. The summed E-state index contributed by atoms with van der Waals surface area (Å²) in [4.78, 5) is 20.9. The number of hydrogen-bond donors (Lipinski definition) is 1. The molecule has 1 fully saturated rings. The van der Waals surface area contributed by atoms with Crippen LogP contribution >= 0.6 is 0 Å². The molecule has 6 heteroatoms. The van der Waals surface area contributed by atoms with Crippen LogP contribution < -0.4 is 0 Å². The van der Waals surface area contributed by atoms with E-state index in [4.69, 9.17) is 4.42 Å². The Balaban J connectivity index is 1.47. The maximum absolute atomic E-state index is 12.4. The van der Waals surface area contributed by atoms with Crippen LogP contribution in [0.5, 0.6) is 0 Å². The number of carbonyl (C=O) groups is 1. The van der Waals surface area contributed by atoms with Gasteiger partial charge in [-0.3, -0.25) is 9.69 Å². The van der Waals surface area contributed by atoms with E-state index in [1.54, 1.807) is 0 Å². The summed E-state index contributed by atoms with van der Waals surface area (Å²) in [6.45, 7) is 7.43. The Morgan fingerprint density at radius 2 is 1.88 bits per heavy atom. The summed E-state index contributed by atoms with van der Waals surface area (Å²) in [6, 6.07) is 9.32. The predicted octanol–water partition coefficient (Wildman–Crippen LogP) is 2.06. The number of aliphatic hydroxyl groups is 1. The Hall–Kier alpha value is -2.18. The highest BCUT2D eigenvalue weighted by atomic mass is 16.4. The summed E-state index contributed by atoms with van der Waals surface area (Å²) in [5, 5.41) is 10.2. The molecule has 1 aromatic heterocycles. The lowest BCUT2D eigenvalue weighted by molar-refractivity contribution is -0.135. The van der Waals surface area contributed by atoms with E-state index in [1.165, 1.54) is 0 Å². The van der Waals surface area contributed by atoms with Crippen LogP contribution in [0.2, 0.25) is 0 Å². The number of piperazine rings is 1. The van der Waals surface area contributed by atoms with Gasteiger partial charge in [0.15, 0.2) is 0 Å². The molecule has 0 saturated carbocycles. The van der Waals surface area contributed by atoms with E-state index in [0.717, 1.165) is 36.0 Å². The summed E-state index contributed by atoms with van der Waals surface area (Å²) < 4.78 is 5.63. The lowest BCUT2D eigenvalue weighted by Gasteiger charge is -2.34. The molecule has 6 nitrogen and oxygen atoms in total. The fourth-order valence-electron chi connectivity index (χ4n) is 3.04. The standard InChI is InChI=1S/C19H25N3O3/c1-14-15(2)25-18(20-14)13-21-8-10-22(11-9-21)19(24)12-17(23)16-6-4-3-5-7-16/h3-7,17,23H,8-13H2,1-2H3. The van der Waals surface area contributed by atoms with Crippen molar-refractivity contribution in [1.29, 1.82) is 0 Å². The van der Waals surface area contributed by atoms with Gasteiger partial charge in [0.2, 0.25) is 11.8 Å². The topological polar surface area (TPSA) is 69.8 Å². The first-order valence-electron chi connectivity index (χ1n) is 8.69. The van der Waals surface area contributed by atoms with Gasteiger partial charge in [0.05, 0.1) is 24.8 Å². The first kappa shape index (κ1) is 17.6. The molecule has 25 heavy (non-hydrogen) atoms. The predicted molar refractivity (Wildman–Crippen MR) is 93.9 cm³/mol. The monoisotopic (exact) mass is 343 g/mol. The van der Waals surface area contributed by atoms with E-state index >= 15 is 0 Å². The molecule has 1 aliphatic heterocycles. The molecule has 0 radical (unpaired) electrons. The number of carbonyl (C=O) groups excluding carboxylic acids is 1. The molecule has 1 amide bonds. The van der Waals surface area contributed by atoms with Crippen LogP contribution in [-0.2, 0) is 11.3 Å². The summed E-state index contributed by atoms with van der Waals surface area (Å²) in [6.07, 6.45) is -0.618. The third-order valence-electron chi connectivity index (χ3n) is 4.71. The van der Waals surface area contributed by atoms with Gasteiger partial charge in [-0.2, -0.15) is 0 Å². The van der Waals surface area contributed by atoms with Crippen molar-refractivity contribution in [3.8, 4) is 0 Å². The summed E-state index contributed by atoms with van der Waals surface area (Å²) in [7, 11) is 0. The second-order valence-corrected chi connectivity index (χ2v) is 6.54. The summed E-state index contributed by atoms with van der Waals surface area (Å²) in [5.74, 6) is 1.59. The highest BCUT2D eigenvalue weighted by Gasteiger charge is 2.24. The average molecular weight is 343 g/mol. The van der Waals surface area contributed by atoms with Crippen LogP contribution in [-0.4, -0.2) is 52.0 Å². The molecule has 1 atom stereocenters. The summed E-state index contributed by atoms with van der Waals surface area (Å²) in [5.41, 5.74) is 1.71. The van der Waals surface area contributed by atoms with Crippen molar-refractivity contribution >= 4 is 5.91 Å². The minimum Gasteiger partial charge on any atom is -0.444 e. The maximum Gasteiger partial charge on any atom is 0.225 e. The van der Waals surface area contributed by atoms with Gasteiger partial charge >= 0.3 is 0 Å². The van der Waals surface area contributed by atoms with Crippen molar-refractivity contribution in [2.75, 3.05) is 26.2 Å². The molecule has 1 aliphatic rings. The van der Waals surface area contributed by atoms with Crippen LogP contribution in [0.25, 0.3) is 0 Å². The number of benzene rings is 1. The Labute approximate surface area is 148 Å². The molecule has 1 aromatic carbocycles. The van der Waals surface area contributed by atoms with Crippen molar-refractivity contribution < 1.29 is 14.3 Å². The molecule has 2 aromatic rings. The maximum atomic E-state index is 12.4. The van der Waals surface area contributed by atoms with E-state index in [9.17, 15) is 9.90 Å². The molecule has 1 saturated heterocycles. The average Bonchev–Trinajstić information content (AvgIpc) is 2.93. The van der Waals surface area contributed by atoms with Gasteiger partial charge in [0.1, 0.15) is 5.76 Å². The van der Waals surface area contributed by atoms with Crippen molar-refractivity contribution in [2.24, 2.45) is 0 Å². The Bertz CT molecular complexity index is 686. The normalized spacial score (nSPS) is 16.8. The molecule has 134 valence electrons. The second kappa shape index (κ2) is 7.80. The fraction of sp³-hybridized carbons (Fsp3) is 0.474. The van der Waals surface area contributed by atoms with Gasteiger partial charge in [-0.1, -0.05) is 30.3 Å². The molecule has 0 aliphatic carbocycles. The van der Waals surface area contributed by atoms with Crippen LogP contribution in [0.15, 0.2) is 34.7 Å². The van der Waals surface area contributed by atoms with Crippen molar-refractivity contribution in [3.63, 3.8) is 0 Å². The molecule has 1 N–H and O–H groups in total. The Kier molecular flexibility index (Phi) is 5.50. The summed E-state index contributed by atoms with van der Waals surface area (Å²) >= 11 is 0. The lowest BCUT2D eigenvalue weighted by atomic mass is 10.1. The lowest BCUT2D eigenvalue weighted by Crippen LogP contribution is -2.48. The number of aliphatic hydroxyl groups excluding tert-OH is 1. The zero-order chi connectivity index (χ0) is 17.8. The van der Waals surface area contributed by atoms with Gasteiger partial charge in [0.25, 0.3) is 0 Å². The van der Waals surface area contributed by atoms with Gasteiger partial charge < -0.3 is 14.4 Å². The number of rotatable bonds is 5. The number of oxazole rings is 1. The number of aromatic nitrogens is 1. The first-order valence-corrected chi connectivity index (χ1v) is 8.69. The smallest absolute Gasteiger partial charge is 0.225 e. The molecule has 0 spiro atoms. The van der Waals surface area contributed by atoms with Crippen LogP contribution in [0.1, 0.15) is 35.4 Å². The van der Waals surface area contributed by atoms with Crippen molar-refractivity contribution in [3.05, 3.63) is 53.2 Å². The van der Waals surface area contributed by atoms with Crippen molar-refractivity contribution in [1.82, 2.24) is 14.8 Å². The van der Waals surface area contributed by atoms with Gasteiger partial charge in [0, 0.05) is 26.2 Å².